The molecular weight excluding hydrogens is 424 g/mol. The number of anilines is 1. The zero-order valence-electron chi connectivity index (χ0n) is 16.0. The highest BCUT2D eigenvalue weighted by Crippen LogP contribution is 2.26. The van der Waals surface area contributed by atoms with Crippen LogP contribution in [0.3, 0.4) is 0 Å². The van der Waals surface area contributed by atoms with Gasteiger partial charge in [-0.2, -0.15) is 0 Å². The van der Waals surface area contributed by atoms with Crippen molar-refractivity contribution >= 4 is 57.8 Å². The fourth-order valence-electron chi connectivity index (χ4n) is 2.52. The van der Waals surface area contributed by atoms with E-state index in [9.17, 15) is 14.4 Å². The van der Waals surface area contributed by atoms with E-state index < -0.39 is 5.97 Å². The lowest BCUT2D eigenvalue weighted by atomic mass is 10.2. The van der Waals surface area contributed by atoms with Crippen LogP contribution in [-0.2, 0) is 14.3 Å². The van der Waals surface area contributed by atoms with E-state index in [-0.39, 0.29) is 18.4 Å². The second kappa shape index (κ2) is 10.0. The van der Waals surface area contributed by atoms with Gasteiger partial charge in [0, 0.05) is 5.69 Å². The summed E-state index contributed by atoms with van der Waals surface area (Å²) in [6, 6.07) is 13.4. The van der Waals surface area contributed by atoms with Crippen LogP contribution in [0.15, 0.2) is 53.4 Å². The minimum absolute atomic E-state index is 0.195. The third-order valence-corrected chi connectivity index (χ3v) is 5.01. The van der Waals surface area contributed by atoms with Crippen molar-refractivity contribution in [2.24, 2.45) is 0 Å². The van der Waals surface area contributed by atoms with Crippen molar-refractivity contribution in [3.8, 4) is 5.75 Å². The maximum Gasteiger partial charge on any atom is 0.338 e. The molecule has 0 unspecified atom stereocenters. The molecule has 2 amide bonds. The number of carbonyl (C=O) groups excluding carboxylic acids is 3. The van der Waals surface area contributed by atoms with Gasteiger partial charge in [-0.25, -0.2) is 4.79 Å². The molecule has 0 aliphatic carbocycles. The number of amides is 2. The summed E-state index contributed by atoms with van der Waals surface area (Å²) in [5.41, 5.74) is 1.70. The molecule has 1 saturated heterocycles. The third-order valence-electron chi connectivity index (χ3n) is 3.85. The Morgan fingerprint density at radius 2 is 1.97 bits per heavy atom. The molecule has 154 valence electrons. The molecule has 2 aromatic carbocycles. The van der Waals surface area contributed by atoms with Crippen LogP contribution >= 0.6 is 24.0 Å². The molecule has 0 saturated carbocycles. The van der Waals surface area contributed by atoms with Crippen molar-refractivity contribution in [1.29, 1.82) is 0 Å². The van der Waals surface area contributed by atoms with Gasteiger partial charge in [-0.3, -0.25) is 9.59 Å². The second-order valence-electron chi connectivity index (χ2n) is 6.06. The number of rotatable bonds is 7. The highest BCUT2D eigenvalue weighted by atomic mass is 32.2. The summed E-state index contributed by atoms with van der Waals surface area (Å²) < 4.78 is 10.9. The number of ether oxygens (including phenoxy) is 2. The van der Waals surface area contributed by atoms with Crippen molar-refractivity contribution in [2.75, 3.05) is 18.5 Å². The zero-order chi connectivity index (χ0) is 21.5. The smallest absolute Gasteiger partial charge is 0.338 e. The fraction of sp³-hybridized carbons (Fsp3) is 0.143. The van der Waals surface area contributed by atoms with Crippen molar-refractivity contribution < 1.29 is 23.9 Å². The van der Waals surface area contributed by atoms with Gasteiger partial charge in [0.1, 0.15) is 10.1 Å². The highest BCUT2D eigenvalue weighted by molar-refractivity contribution is 8.26. The molecule has 0 aromatic heterocycles. The average molecular weight is 443 g/mol. The number of nitrogens with one attached hydrogen (secondary N) is 2. The summed E-state index contributed by atoms with van der Waals surface area (Å²) >= 11 is 6.17. The lowest BCUT2D eigenvalue weighted by Gasteiger charge is -2.09. The standard InChI is InChI=1S/C21H18N2O5S2/c1-2-27-20(26)14-6-8-15(9-7-14)22-18(24)12-28-16-5-3-4-13(10-16)11-17-19(25)23-21(29)30-17/h3-11H,2,12H2,1H3,(H,22,24)(H,23,25,29)/b17-11-. The summed E-state index contributed by atoms with van der Waals surface area (Å²) in [4.78, 5) is 36.0. The fourth-order valence-corrected chi connectivity index (χ4v) is 3.56. The molecule has 1 aliphatic heterocycles. The molecule has 0 atom stereocenters. The van der Waals surface area contributed by atoms with Gasteiger partial charge in [-0.05, 0) is 55.0 Å². The Morgan fingerprint density at radius 1 is 1.20 bits per heavy atom. The SMILES string of the molecule is CCOC(=O)c1ccc(NC(=O)COc2cccc(/C=C3\SC(=S)NC3=O)c2)cc1. The van der Waals surface area contributed by atoms with Crippen LogP contribution in [0.2, 0.25) is 0 Å². The zero-order valence-corrected chi connectivity index (χ0v) is 17.6. The predicted octanol–water partition coefficient (Wildman–Crippen LogP) is 3.37. The van der Waals surface area contributed by atoms with E-state index in [2.05, 4.69) is 10.6 Å². The molecule has 0 bridgehead atoms. The topological polar surface area (TPSA) is 93.7 Å². The van der Waals surface area contributed by atoms with Gasteiger partial charge in [0.15, 0.2) is 6.61 Å². The Balaban J connectivity index is 1.55. The van der Waals surface area contributed by atoms with Crippen molar-refractivity contribution in [3.63, 3.8) is 0 Å². The molecule has 9 heteroatoms. The van der Waals surface area contributed by atoms with Crippen molar-refractivity contribution in [2.45, 2.75) is 6.92 Å². The van der Waals surface area contributed by atoms with Gasteiger partial charge in [-0.1, -0.05) is 36.1 Å². The van der Waals surface area contributed by atoms with Crippen molar-refractivity contribution in [1.82, 2.24) is 5.32 Å². The quantitative estimate of drug-likeness (QED) is 0.386. The number of benzene rings is 2. The molecular formula is C21H18N2O5S2. The largest absolute Gasteiger partial charge is 0.484 e. The summed E-state index contributed by atoms with van der Waals surface area (Å²) in [5, 5.41) is 5.25. The number of hydrogen-bond donors (Lipinski definition) is 2. The lowest BCUT2D eigenvalue weighted by molar-refractivity contribution is -0.118. The molecule has 2 aromatic rings. The first-order valence-electron chi connectivity index (χ1n) is 8.99. The Bertz CT molecular complexity index is 1020. The number of thiocarbonyl (C=S) groups is 1. The van der Waals surface area contributed by atoms with E-state index in [1.807, 2.05) is 6.07 Å². The molecule has 30 heavy (non-hydrogen) atoms. The van der Waals surface area contributed by atoms with Crippen LogP contribution in [0.1, 0.15) is 22.8 Å². The molecule has 0 radical (unpaired) electrons. The minimum atomic E-state index is -0.413. The monoisotopic (exact) mass is 442 g/mol. The Hall–Kier alpha value is -3.17. The molecule has 3 rings (SSSR count). The Kier molecular flexibility index (Phi) is 7.21. The first-order chi connectivity index (χ1) is 14.4. The summed E-state index contributed by atoms with van der Waals surface area (Å²) in [5.74, 6) is -0.504. The molecule has 0 spiro atoms. The molecule has 1 aliphatic rings. The van der Waals surface area contributed by atoms with Crippen LogP contribution in [0.5, 0.6) is 5.75 Å². The van der Waals surface area contributed by atoms with Gasteiger partial charge in [0.25, 0.3) is 11.8 Å². The van der Waals surface area contributed by atoms with Crippen LogP contribution in [-0.4, -0.2) is 35.3 Å². The van der Waals surface area contributed by atoms with Gasteiger partial charge in [0.2, 0.25) is 0 Å². The minimum Gasteiger partial charge on any atom is -0.484 e. The maximum atomic E-state index is 12.1. The van der Waals surface area contributed by atoms with E-state index >= 15 is 0 Å². The molecule has 7 nitrogen and oxygen atoms in total. The van der Waals surface area contributed by atoms with Gasteiger partial charge >= 0.3 is 5.97 Å². The van der Waals surface area contributed by atoms with Gasteiger partial charge < -0.3 is 20.1 Å². The number of carbonyl (C=O) groups is 3. The highest BCUT2D eigenvalue weighted by Gasteiger charge is 2.21. The summed E-state index contributed by atoms with van der Waals surface area (Å²) in [6.45, 7) is 1.84. The van der Waals surface area contributed by atoms with E-state index in [0.29, 0.717) is 32.8 Å². The normalized spacial score (nSPS) is 14.4. The molecule has 1 fully saturated rings. The molecule has 2 N–H and O–H groups in total. The van der Waals surface area contributed by atoms with Gasteiger partial charge in [-0.15, -0.1) is 0 Å². The Morgan fingerprint density at radius 3 is 2.63 bits per heavy atom. The van der Waals surface area contributed by atoms with E-state index in [1.165, 1.54) is 11.8 Å². The van der Waals surface area contributed by atoms with Crippen LogP contribution in [0.25, 0.3) is 6.08 Å². The molecule has 1 heterocycles. The van der Waals surface area contributed by atoms with Crippen LogP contribution in [0, 0.1) is 0 Å². The second-order valence-corrected chi connectivity index (χ2v) is 7.78. The lowest BCUT2D eigenvalue weighted by Crippen LogP contribution is -2.20. The number of thioether (sulfide) groups is 1. The predicted molar refractivity (Wildman–Crippen MR) is 119 cm³/mol. The first-order valence-corrected chi connectivity index (χ1v) is 10.2. The number of hydrogen-bond acceptors (Lipinski definition) is 7. The van der Waals surface area contributed by atoms with E-state index in [1.54, 1.807) is 55.5 Å². The summed E-state index contributed by atoms with van der Waals surface area (Å²) in [7, 11) is 0. The average Bonchev–Trinajstić information content (AvgIpc) is 3.04. The maximum absolute atomic E-state index is 12.1. The first kappa shape index (κ1) is 21.5. The third kappa shape index (κ3) is 5.91. The van der Waals surface area contributed by atoms with E-state index in [0.717, 1.165) is 5.56 Å². The van der Waals surface area contributed by atoms with Gasteiger partial charge in [0.05, 0.1) is 17.1 Å². The number of esters is 1. The van der Waals surface area contributed by atoms with Crippen LogP contribution < -0.4 is 15.4 Å². The van der Waals surface area contributed by atoms with Crippen molar-refractivity contribution in [3.05, 3.63) is 64.6 Å². The Labute approximate surface area is 182 Å². The van der Waals surface area contributed by atoms with E-state index in [4.69, 9.17) is 21.7 Å². The van der Waals surface area contributed by atoms with Crippen LogP contribution in [0.4, 0.5) is 5.69 Å². The summed E-state index contributed by atoms with van der Waals surface area (Å²) in [6.07, 6.45) is 1.71.